The Labute approximate surface area is 173 Å². The maximum absolute atomic E-state index is 12.8. The fraction of sp³-hybridized carbons (Fsp3) is 0.333. The molecule has 0 unspecified atom stereocenters. The van der Waals surface area contributed by atoms with Crippen LogP contribution in [0.1, 0.15) is 34.8 Å². The number of fused-ring (bicyclic) bond motifs is 1. The molecule has 1 fully saturated rings. The van der Waals surface area contributed by atoms with E-state index in [1.807, 2.05) is 18.2 Å². The van der Waals surface area contributed by atoms with Gasteiger partial charge in [-0.3, -0.25) is 9.59 Å². The summed E-state index contributed by atoms with van der Waals surface area (Å²) in [5, 5.41) is 0.371. The average Bonchev–Trinajstić information content (AvgIpc) is 3.22. The van der Waals surface area contributed by atoms with Gasteiger partial charge in [-0.25, -0.2) is 0 Å². The van der Waals surface area contributed by atoms with Gasteiger partial charge in [0.25, 0.3) is 11.8 Å². The van der Waals surface area contributed by atoms with Crippen LogP contribution in [0.25, 0.3) is 0 Å². The Morgan fingerprint density at radius 1 is 1.14 bits per heavy atom. The summed E-state index contributed by atoms with van der Waals surface area (Å²) in [4.78, 5) is 26.2. The van der Waals surface area contributed by atoms with Gasteiger partial charge in [0.2, 0.25) is 0 Å². The molecule has 1 saturated heterocycles. The van der Waals surface area contributed by atoms with Crippen LogP contribution in [0.4, 0.5) is 0 Å². The van der Waals surface area contributed by atoms with Crippen molar-refractivity contribution in [3.63, 3.8) is 0 Å². The topological polar surface area (TPSA) is 91.1 Å². The first-order valence-corrected chi connectivity index (χ1v) is 9.82. The summed E-state index contributed by atoms with van der Waals surface area (Å²) in [7, 11) is 0. The highest BCUT2D eigenvalue weighted by atomic mass is 35.5. The van der Waals surface area contributed by atoms with Gasteiger partial charge in [-0.05, 0) is 48.7 Å². The van der Waals surface area contributed by atoms with Crippen LogP contribution in [0.3, 0.4) is 0 Å². The summed E-state index contributed by atoms with van der Waals surface area (Å²) in [6, 6.07) is 10.3. The summed E-state index contributed by atoms with van der Waals surface area (Å²) in [5.74, 6) is 0.848. The van der Waals surface area contributed by atoms with Gasteiger partial charge in [0.15, 0.2) is 18.1 Å². The number of hydrogen-bond acceptors (Lipinski definition) is 5. The van der Waals surface area contributed by atoms with E-state index in [9.17, 15) is 9.59 Å². The highest BCUT2D eigenvalue weighted by Crippen LogP contribution is 2.38. The molecule has 2 aliphatic heterocycles. The minimum absolute atomic E-state index is 0.0530. The molecule has 4 rings (SSSR count). The Balaban J connectivity index is 1.47. The van der Waals surface area contributed by atoms with Crippen molar-refractivity contribution >= 4 is 23.4 Å². The summed E-state index contributed by atoms with van der Waals surface area (Å²) in [5.41, 5.74) is 6.52. The lowest BCUT2D eigenvalue weighted by molar-refractivity contribution is -0.134. The second kappa shape index (κ2) is 8.21. The number of carbonyl (C=O) groups is 2. The lowest BCUT2D eigenvalue weighted by Gasteiger charge is -2.27. The minimum atomic E-state index is -0.662. The third-order valence-corrected chi connectivity index (χ3v) is 5.32. The van der Waals surface area contributed by atoms with Crippen LogP contribution in [0, 0.1) is 0 Å². The van der Waals surface area contributed by atoms with Crippen molar-refractivity contribution in [2.45, 2.75) is 18.9 Å². The second-order valence-corrected chi connectivity index (χ2v) is 7.38. The molecule has 0 aliphatic carbocycles. The molecule has 0 bridgehead atoms. The molecular formula is C21H21ClN2O5. The van der Waals surface area contributed by atoms with Crippen LogP contribution < -0.4 is 19.9 Å². The number of rotatable bonds is 5. The molecule has 1 atom stereocenters. The summed E-state index contributed by atoms with van der Waals surface area (Å²) in [6.45, 7) is 1.50. The molecule has 8 heteroatoms. The number of halogens is 1. The number of nitrogens with two attached hydrogens (primary N) is 1. The average molecular weight is 417 g/mol. The van der Waals surface area contributed by atoms with Crippen LogP contribution >= 0.6 is 11.6 Å². The number of hydrogen-bond donors (Lipinski definition) is 1. The number of likely N-dealkylation sites (tertiary alicyclic amines) is 1. The summed E-state index contributed by atoms with van der Waals surface area (Å²) < 4.78 is 16.8. The lowest BCUT2D eigenvalue weighted by Crippen LogP contribution is -2.34. The van der Waals surface area contributed by atoms with E-state index in [2.05, 4.69) is 0 Å². The number of amides is 2. The van der Waals surface area contributed by atoms with Crippen molar-refractivity contribution in [1.29, 1.82) is 0 Å². The van der Waals surface area contributed by atoms with Gasteiger partial charge < -0.3 is 24.8 Å². The van der Waals surface area contributed by atoms with E-state index in [1.54, 1.807) is 11.0 Å². The van der Waals surface area contributed by atoms with Crippen LogP contribution in [-0.4, -0.2) is 43.1 Å². The molecule has 0 spiro atoms. The fourth-order valence-corrected chi connectivity index (χ4v) is 3.89. The van der Waals surface area contributed by atoms with Gasteiger partial charge >= 0.3 is 0 Å². The SMILES string of the molecule is NC(=O)c1cc(Cl)ccc1OCC(=O)N1CCC[C@@H]1c1ccc2c(c1)OCCO2. The normalized spacial score (nSPS) is 17.8. The van der Waals surface area contributed by atoms with Crippen molar-refractivity contribution in [2.75, 3.05) is 26.4 Å². The van der Waals surface area contributed by atoms with Crippen molar-refractivity contribution in [3.8, 4) is 17.2 Å². The van der Waals surface area contributed by atoms with Crippen molar-refractivity contribution in [1.82, 2.24) is 4.90 Å². The molecule has 29 heavy (non-hydrogen) atoms. The third-order valence-electron chi connectivity index (χ3n) is 5.08. The molecule has 2 aromatic rings. The molecule has 152 valence electrons. The fourth-order valence-electron chi connectivity index (χ4n) is 3.72. The van der Waals surface area contributed by atoms with Crippen LogP contribution in [-0.2, 0) is 4.79 Å². The number of nitrogens with zero attached hydrogens (tertiary/aromatic N) is 1. The molecule has 2 heterocycles. The molecule has 7 nitrogen and oxygen atoms in total. The predicted octanol–water partition coefficient (Wildman–Crippen LogP) is 2.95. The van der Waals surface area contributed by atoms with E-state index in [1.165, 1.54) is 12.1 Å². The smallest absolute Gasteiger partial charge is 0.261 e. The van der Waals surface area contributed by atoms with Crippen LogP contribution in [0.2, 0.25) is 5.02 Å². The number of ether oxygens (including phenoxy) is 3. The Hall–Kier alpha value is -2.93. The van der Waals surface area contributed by atoms with Crippen molar-refractivity contribution in [2.24, 2.45) is 5.73 Å². The van der Waals surface area contributed by atoms with Gasteiger partial charge in [0.05, 0.1) is 11.6 Å². The van der Waals surface area contributed by atoms with Crippen molar-refractivity contribution < 1.29 is 23.8 Å². The monoisotopic (exact) mass is 416 g/mol. The number of carbonyl (C=O) groups excluding carboxylic acids is 2. The zero-order chi connectivity index (χ0) is 20.4. The van der Waals surface area contributed by atoms with Gasteiger partial charge in [0.1, 0.15) is 19.0 Å². The standard InChI is InChI=1S/C21H21ClN2O5/c22-14-4-6-17(15(11-14)21(23)26)29-12-20(25)24-7-1-2-16(24)13-3-5-18-19(10-13)28-9-8-27-18/h3-6,10-11,16H,1-2,7-9,12H2,(H2,23,26)/t16-/m1/s1. The van der Waals surface area contributed by atoms with Crippen LogP contribution in [0.5, 0.6) is 17.2 Å². The largest absolute Gasteiger partial charge is 0.486 e. The summed E-state index contributed by atoms with van der Waals surface area (Å²) in [6.07, 6.45) is 1.76. The Morgan fingerprint density at radius 2 is 1.93 bits per heavy atom. The van der Waals surface area contributed by atoms with E-state index < -0.39 is 5.91 Å². The van der Waals surface area contributed by atoms with E-state index >= 15 is 0 Å². The van der Waals surface area contributed by atoms with E-state index in [0.717, 1.165) is 24.2 Å². The zero-order valence-corrected chi connectivity index (χ0v) is 16.5. The van der Waals surface area contributed by atoms with E-state index in [4.69, 9.17) is 31.5 Å². The molecule has 2 aliphatic rings. The maximum Gasteiger partial charge on any atom is 0.261 e. The van der Waals surface area contributed by atoms with Gasteiger partial charge in [-0.2, -0.15) is 0 Å². The summed E-state index contributed by atoms with van der Waals surface area (Å²) >= 11 is 5.91. The Bertz CT molecular complexity index is 949. The van der Waals surface area contributed by atoms with Gasteiger partial charge in [0, 0.05) is 11.6 Å². The number of primary amides is 1. The zero-order valence-electron chi connectivity index (χ0n) is 15.7. The number of benzene rings is 2. The second-order valence-electron chi connectivity index (χ2n) is 6.94. The van der Waals surface area contributed by atoms with E-state index in [0.29, 0.717) is 30.5 Å². The maximum atomic E-state index is 12.8. The minimum Gasteiger partial charge on any atom is -0.486 e. The van der Waals surface area contributed by atoms with Crippen molar-refractivity contribution in [3.05, 3.63) is 52.5 Å². The molecule has 0 radical (unpaired) electrons. The van der Waals surface area contributed by atoms with E-state index in [-0.39, 0.29) is 29.9 Å². The molecule has 2 aromatic carbocycles. The predicted molar refractivity (Wildman–Crippen MR) is 107 cm³/mol. The van der Waals surface area contributed by atoms with Gasteiger partial charge in [-0.15, -0.1) is 0 Å². The first kappa shape index (κ1) is 19.4. The Kier molecular flexibility index (Phi) is 5.49. The molecule has 2 N–H and O–H groups in total. The highest BCUT2D eigenvalue weighted by molar-refractivity contribution is 6.31. The first-order valence-electron chi connectivity index (χ1n) is 9.44. The molecular weight excluding hydrogens is 396 g/mol. The Morgan fingerprint density at radius 3 is 2.72 bits per heavy atom. The molecule has 0 saturated carbocycles. The van der Waals surface area contributed by atoms with Crippen LogP contribution in [0.15, 0.2) is 36.4 Å². The molecule has 2 amide bonds. The third kappa shape index (κ3) is 4.10. The first-order chi connectivity index (χ1) is 14.0. The molecule has 0 aromatic heterocycles. The highest BCUT2D eigenvalue weighted by Gasteiger charge is 2.31. The van der Waals surface area contributed by atoms with Gasteiger partial charge in [-0.1, -0.05) is 17.7 Å². The quantitative estimate of drug-likeness (QED) is 0.809. The lowest BCUT2D eigenvalue weighted by atomic mass is 10.0.